The molecule has 0 amide bonds. The highest BCUT2D eigenvalue weighted by atomic mass is 16.5. The Labute approximate surface area is 89.9 Å². The fourth-order valence-corrected chi connectivity index (χ4v) is 1.30. The summed E-state index contributed by atoms with van der Waals surface area (Å²) in [5.74, 6) is 0.441. The molecule has 0 atom stereocenters. The summed E-state index contributed by atoms with van der Waals surface area (Å²) in [4.78, 5) is 16.5. The van der Waals surface area contributed by atoms with Gasteiger partial charge in [-0.25, -0.2) is 0 Å². The van der Waals surface area contributed by atoms with Gasteiger partial charge in [-0.05, 0) is 27.4 Å². The zero-order valence-corrected chi connectivity index (χ0v) is 9.54. The molecule has 4 heteroatoms. The van der Waals surface area contributed by atoms with Crippen LogP contribution in [-0.4, -0.2) is 37.1 Å². The van der Waals surface area contributed by atoms with Crippen molar-refractivity contribution in [3.63, 3.8) is 0 Å². The molecule has 0 aromatic carbocycles. The summed E-state index contributed by atoms with van der Waals surface area (Å²) >= 11 is 0. The zero-order chi connectivity index (χ0) is 11.3. The van der Waals surface area contributed by atoms with Crippen LogP contribution in [0.2, 0.25) is 0 Å². The average molecular weight is 210 g/mol. The molecule has 0 aliphatic carbocycles. The van der Waals surface area contributed by atoms with Gasteiger partial charge in [-0.1, -0.05) is 0 Å². The maximum atomic E-state index is 11.4. The van der Waals surface area contributed by atoms with Gasteiger partial charge in [0.1, 0.15) is 0 Å². The van der Waals surface area contributed by atoms with E-state index in [1.165, 1.54) is 6.07 Å². The minimum atomic E-state index is -0.0592. The maximum absolute atomic E-state index is 11.4. The van der Waals surface area contributed by atoms with Crippen LogP contribution >= 0.6 is 0 Å². The van der Waals surface area contributed by atoms with Gasteiger partial charge >= 0.3 is 0 Å². The number of H-pyrrole nitrogens is 1. The first-order valence-electron chi connectivity index (χ1n) is 5.07. The van der Waals surface area contributed by atoms with Crippen molar-refractivity contribution in [2.24, 2.45) is 0 Å². The largest absolute Gasteiger partial charge is 0.488 e. The third-order valence-electron chi connectivity index (χ3n) is 2.09. The van der Waals surface area contributed by atoms with E-state index in [0.29, 0.717) is 12.4 Å². The lowest BCUT2D eigenvalue weighted by Crippen LogP contribution is -2.17. The Morgan fingerprint density at radius 3 is 2.80 bits per heavy atom. The molecule has 0 unspecified atom stereocenters. The molecule has 1 aromatic heterocycles. The first-order chi connectivity index (χ1) is 7.11. The van der Waals surface area contributed by atoms with Gasteiger partial charge in [0.05, 0.1) is 12.3 Å². The second kappa shape index (κ2) is 5.56. The van der Waals surface area contributed by atoms with E-state index in [4.69, 9.17) is 4.74 Å². The predicted molar refractivity (Wildman–Crippen MR) is 60.5 cm³/mol. The molecule has 15 heavy (non-hydrogen) atoms. The average Bonchev–Trinajstić information content (AvgIpc) is 2.15. The topological polar surface area (TPSA) is 45.3 Å². The standard InChI is InChI=1S/C11H18N2O2/c1-9-11(10(14)5-6-12-9)15-8-4-7-13(2)3/h5-6H,4,7-8H2,1-3H3,(H,12,14). The Kier molecular flexibility index (Phi) is 4.37. The molecule has 1 N–H and O–H groups in total. The highest BCUT2D eigenvalue weighted by Crippen LogP contribution is 2.07. The van der Waals surface area contributed by atoms with Crippen LogP contribution in [0.4, 0.5) is 0 Å². The first kappa shape index (κ1) is 11.8. The second-order valence-corrected chi connectivity index (χ2v) is 3.80. The van der Waals surface area contributed by atoms with Crippen molar-refractivity contribution in [3.8, 4) is 5.75 Å². The number of hydrogen-bond donors (Lipinski definition) is 1. The third-order valence-corrected chi connectivity index (χ3v) is 2.09. The van der Waals surface area contributed by atoms with E-state index in [1.54, 1.807) is 6.20 Å². The van der Waals surface area contributed by atoms with E-state index < -0.39 is 0 Å². The third kappa shape index (κ3) is 3.75. The summed E-state index contributed by atoms with van der Waals surface area (Å²) in [5.41, 5.74) is 0.725. The SMILES string of the molecule is Cc1[nH]ccc(=O)c1OCCCN(C)C. The van der Waals surface area contributed by atoms with Gasteiger partial charge in [0, 0.05) is 18.8 Å². The van der Waals surface area contributed by atoms with Crippen LogP contribution in [0.5, 0.6) is 5.75 Å². The van der Waals surface area contributed by atoms with E-state index in [-0.39, 0.29) is 5.43 Å². The van der Waals surface area contributed by atoms with E-state index in [0.717, 1.165) is 18.7 Å². The van der Waals surface area contributed by atoms with Crippen molar-refractivity contribution in [1.29, 1.82) is 0 Å². The van der Waals surface area contributed by atoms with Crippen LogP contribution < -0.4 is 10.2 Å². The summed E-state index contributed by atoms with van der Waals surface area (Å²) < 4.78 is 5.45. The number of aromatic amines is 1. The minimum Gasteiger partial charge on any atom is -0.488 e. The molecule has 0 aliphatic heterocycles. The van der Waals surface area contributed by atoms with Crippen molar-refractivity contribution in [2.45, 2.75) is 13.3 Å². The maximum Gasteiger partial charge on any atom is 0.223 e. The van der Waals surface area contributed by atoms with Crippen LogP contribution in [0.15, 0.2) is 17.1 Å². The first-order valence-corrected chi connectivity index (χ1v) is 5.07. The summed E-state index contributed by atoms with van der Waals surface area (Å²) in [6, 6.07) is 1.48. The summed E-state index contributed by atoms with van der Waals surface area (Å²) in [7, 11) is 4.03. The second-order valence-electron chi connectivity index (χ2n) is 3.80. The molecular formula is C11H18N2O2. The predicted octanol–water partition coefficient (Wildman–Crippen LogP) is 1.01. The number of nitrogens with one attached hydrogen (secondary N) is 1. The molecule has 0 spiro atoms. The Morgan fingerprint density at radius 2 is 2.20 bits per heavy atom. The fourth-order valence-electron chi connectivity index (χ4n) is 1.30. The summed E-state index contributed by atoms with van der Waals surface area (Å²) in [6.07, 6.45) is 2.55. The number of aromatic nitrogens is 1. The highest BCUT2D eigenvalue weighted by Gasteiger charge is 2.03. The number of pyridine rings is 1. The van der Waals surface area contributed by atoms with Gasteiger partial charge in [0.15, 0.2) is 5.75 Å². The van der Waals surface area contributed by atoms with Crippen LogP contribution in [0.3, 0.4) is 0 Å². The van der Waals surface area contributed by atoms with Crippen LogP contribution in [0, 0.1) is 6.92 Å². The normalized spacial score (nSPS) is 10.7. The summed E-state index contributed by atoms with van der Waals surface area (Å²) in [5, 5.41) is 0. The molecule has 1 aromatic rings. The molecule has 4 nitrogen and oxygen atoms in total. The molecule has 0 fully saturated rings. The lowest BCUT2D eigenvalue weighted by molar-refractivity contribution is 0.277. The van der Waals surface area contributed by atoms with E-state index in [9.17, 15) is 4.79 Å². The van der Waals surface area contributed by atoms with Crippen LogP contribution in [0.25, 0.3) is 0 Å². The van der Waals surface area contributed by atoms with Gasteiger partial charge < -0.3 is 14.6 Å². The van der Waals surface area contributed by atoms with Crippen molar-refractivity contribution >= 4 is 0 Å². The molecule has 0 saturated carbocycles. The Balaban J connectivity index is 2.47. The molecule has 1 heterocycles. The highest BCUT2D eigenvalue weighted by molar-refractivity contribution is 5.25. The monoisotopic (exact) mass is 210 g/mol. The lowest BCUT2D eigenvalue weighted by Gasteiger charge is -2.10. The number of nitrogens with zero attached hydrogens (tertiary/aromatic N) is 1. The number of rotatable bonds is 5. The number of aryl methyl sites for hydroxylation is 1. The molecular weight excluding hydrogens is 192 g/mol. The van der Waals surface area contributed by atoms with Gasteiger partial charge in [-0.15, -0.1) is 0 Å². The van der Waals surface area contributed by atoms with Gasteiger partial charge in [-0.2, -0.15) is 0 Å². The van der Waals surface area contributed by atoms with Gasteiger partial charge in [0.2, 0.25) is 5.43 Å². The van der Waals surface area contributed by atoms with Crippen molar-refractivity contribution in [3.05, 3.63) is 28.2 Å². The van der Waals surface area contributed by atoms with Gasteiger partial charge in [-0.3, -0.25) is 4.79 Å². The Bertz CT molecular complexity index is 358. The summed E-state index contributed by atoms with van der Waals surface area (Å²) in [6.45, 7) is 3.37. The van der Waals surface area contributed by atoms with Crippen molar-refractivity contribution in [1.82, 2.24) is 9.88 Å². The zero-order valence-electron chi connectivity index (χ0n) is 9.54. The lowest BCUT2D eigenvalue weighted by atomic mass is 10.3. The Hall–Kier alpha value is -1.29. The van der Waals surface area contributed by atoms with Crippen molar-refractivity contribution < 1.29 is 4.74 Å². The molecule has 0 saturated heterocycles. The van der Waals surface area contributed by atoms with Crippen molar-refractivity contribution in [2.75, 3.05) is 27.2 Å². The number of ether oxygens (including phenoxy) is 1. The molecule has 1 rings (SSSR count). The molecule has 0 bridgehead atoms. The molecule has 0 radical (unpaired) electrons. The van der Waals surface area contributed by atoms with E-state index >= 15 is 0 Å². The van der Waals surface area contributed by atoms with Gasteiger partial charge in [0.25, 0.3) is 0 Å². The molecule has 0 aliphatic rings. The quantitative estimate of drug-likeness (QED) is 0.738. The number of hydrogen-bond acceptors (Lipinski definition) is 3. The Morgan fingerprint density at radius 1 is 1.47 bits per heavy atom. The van der Waals surface area contributed by atoms with E-state index in [2.05, 4.69) is 9.88 Å². The minimum absolute atomic E-state index is 0.0592. The van der Waals surface area contributed by atoms with E-state index in [1.807, 2.05) is 21.0 Å². The van der Waals surface area contributed by atoms with Crippen LogP contribution in [-0.2, 0) is 0 Å². The smallest absolute Gasteiger partial charge is 0.223 e. The van der Waals surface area contributed by atoms with Crippen LogP contribution in [0.1, 0.15) is 12.1 Å². The molecule has 84 valence electrons. The fraction of sp³-hybridized carbons (Fsp3) is 0.545.